The van der Waals surface area contributed by atoms with Gasteiger partial charge >= 0.3 is 5.69 Å². The average Bonchev–Trinajstić information content (AvgIpc) is 3.79. The first-order chi connectivity index (χ1) is 18.9. The molecule has 0 radical (unpaired) electrons. The van der Waals surface area contributed by atoms with Crippen molar-refractivity contribution in [2.24, 2.45) is 13.0 Å². The van der Waals surface area contributed by atoms with Gasteiger partial charge in [0.1, 0.15) is 11.6 Å². The van der Waals surface area contributed by atoms with Crippen LogP contribution in [0.1, 0.15) is 64.5 Å². The molecule has 39 heavy (non-hydrogen) atoms. The van der Waals surface area contributed by atoms with Crippen LogP contribution in [-0.2, 0) is 7.05 Å². The molecule has 3 aromatic rings. The molecule has 1 saturated heterocycles. The summed E-state index contributed by atoms with van der Waals surface area (Å²) in [7, 11) is 1.67. The van der Waals surface area contributed by atoms with E-state index < -0.39 is 0 Å². The molecule has 0 bridgehead atoms. The SMILES string of the molecule is [C-]#[N+]c1ccc2c(n1)c(N1CC(CC)N(C(CC)c3ccc(OCC4CC4)cc3F)CC1CC)nc(=O)n2C. The molecular weight excluding hydrogens is 495 g/mol. The molecule has 0 amide bonds. The van der Waals surface area contributed by atoms with Gasteiger partial charge < -0.3 is 14.5 Å². The van der Waals surface area contributed by atoms with E-state index in [0.717, 1.165) is 19.3 Å². The topological polar surface area (TPSA) is 67.9 Å². The molecule has 3 atom stereocenters. The summed E-state index contributed by atoms with van der Waals surface area (Å²) in [6, 6.07) is 8.80. The quantitative estimate of drug-likeness (QED) is 0.333. The third-order valence-electron chi connectivity index (χ3n) is 8.29. The van der Waals surface area contributed by atoms with Crippen LogP contribution in [0.15, 0.2) is 35.1 Å². The van der Waals surface area contributed by atoms with Crippen molar-refractivity contribution in [2.75, 3.05) is 24.6 Å². The summed E-state index contributed by atoms with van der Waals surface area (Å²) < 4.78 is 22.8. The molecule has 1 aliphatic carbocycles. The highest BCUT2D eigenvalue weighted by Crippen LogP contribution is 2.37. The highest BCUT2D eigenvalue weighted by Gasteiger charge is 2.38. The maximum absolute atomic E-state index is 15.5. The molecule has 0 N–H and O–H groups in total. The summed E-state index contributed by atoms with van der Waals surface area (Å²) in [5.41, 5.74) is 1.56. The Hall–Kier alpha value is -3.51. The number of benzene rings is 1. The van der Waals surface area contributed by atoms with E-state index in [1.165, 1.54) is 23.5 Å². The monoisotopic (exact) mass is 532 g/mol. The first-order valence-electron chi connectivity index (χ1n) is 14.1. The Morgan fingerprint density at radius 3 is 2.51 bits per heavy atom. The second-order valence-electron chi connectivity index (χ2n) is 10.8. The molecule has 8 nitrogen and oxygen atoms in total. The zero-order chi connectivity index (χ0) is 27.7. The highest BCUT2D eigenvalue weighted by atomic mass is 19.1. The van der Waals surface area contributed by atoms with Crippen LogP contribution in [0.4, 0.5) is 16.0 Å². The number of piperazine rings is 1. The number of anilines is 1. The smallest absolute Gasteiger partial charge is 0.350 e. The molecule has 206 valence electrons. The van der Waals surface area contributed by atoms with E-state index in [9.17, 15) is 4.79 Å². The molecule has 0 spiro atoms. The largest absolute Gasteiger partial charge is 0.493 e. The van der Waals surface area contributed by atoms with Crippen molar-refractivity contribution in [1.82, 2.24) is 19.4 Å². The lowest BCUT2D eigenvalue weighted by Gasteiger charge is -2.49. The minimum Gasteiger partial charge on any atom is -0.493 e. The van der Waals surface area contributed by atoms with Crippen LogP contribution in [0.5, 0.6) is 5.75 Å². The van der Waals surface area contributed by atoms with Crippen molar-refractivity contribution >= 4 is 22.7 Å². The van der Waals surface area contributed by atoms with Crippen LogP contribution in [0.3, 0.4) is 0 Å². The summed E-state index contributed by atoms with van der Waals surface area (Å²) in [6.45, 7) is 15.8. The van der Waals surface area contributed by atoms with Crippen LogP contribution in [0.2, 0.25) is 0 Å². The third kappa shape index (κ3) is 5.35. The van der Waals surface area contributed by atoms with Gasteiger partial charge in [-0.15, -0.1) is 4.98 Å². The molecular formula is C30H37FN6O2. The fraction of sp³-hybridized carbons (Fsp3) is 0.533. The molecule has 2 aliphatic rings. The van der Waals surface area contributed by atoms with Gasteiger partial charge in [-0.3, -0.25) is 9.47 Å². The number of ether oxygens (including phenoxy) is 1. The number of hydrogen-bond donors (Lipinski definition) is 0. The maximum Gasteiger partial charge on any atom is 0.350 e. The molecule has 5 rings (SSSR count). The minimum atomic E-state index is -0.349. The van der Waals surface area contributed by atoms with E-state index in [2.05, 4.69) is 45.4 Å². The Morgan fingerprint density at radius 2 is 1.87 bits per heavy atom. The Labute approximate surface area is 229 Å². The number of hydrogen-bond acceptors (Lipinski definition) is 6. The van der Waals surface area contributed by atoms with Crippen molar-refractivity contribution in [3.63, 3.8) is 0 Å². The average molecular weight is 533 g/mol. The second kappa shape index (κ2) is 11.3. The van der Waals surface area contributed by atoms with Crippen molar-refractivity contribution in [2.45, 2.75) is 71.0 Å². The summed E-state index contributed by atoms with van der Waals surface area (Å²) in [6.07, 6.45) is 4.84. The van der Waals surface area contributed by atoms with Crippen LogP contribution < -0.4 is 15.3 Å². The summed E-state index contributed by atoms with van der Waals surface area (Å²) in [4.78, 5) is 30.0. The Morgan fingerprint density at radius 1 is 1.10 bits per heavy atom. The standard InChI is InChI=1S/C30H37FN6O2/c1-6-20-17-37(29-28-26(35(5)30(38)34-29)13-14-27(32-4)33-28)21(7-2)16-36(20)25(8-3)23-12-11-22(15-24(23)31)39-18-19-9-10-19/h11-15,19-21,25H,6-10,16-18H2,1-3,5H3. The first kappa shape index (κ1) is 27.1. The lowest BCUT2D eigenvalue weighted by Crippen LogP contribution is -2.59. The number of aromatic nitrogens is 3. The van der Waals surface area contributed by atoms with E-state index in [-0.39, 0.29) is 35.5 Å². The number of rotatable bonds is 9. The maximum atomic E-state index is 15.5. The summed E-state index contributed by atoms with van der Waals surface area (Å²) in [5, 5.41) is 0. The normalized spacial score (nSPS) is 20.7. The van der Waals surface area contributed by atoms with Crippen LogP contribution in [0.25, 0.3) is 15.9 Å². The predicted molar refractivity (Wildman–Crippen MR) is 151 cm³/mol. The van der Waals surface area contributed by atoms with E-state index in [0.29, 0.717) is 53.8 Å². The Bertz CT molecular complexity index is 1450. The Balaban J connectivity index is 1.47. The fourth-order valence-electron chi connectivity index (χ4n) is 5.79. The van der Waals surface area contributed by atoms with E-state index >= 15 is 4.39 Å². The number of fused-ring (bicyclic) bond motifs is 1. The van der Waals surface area contributed by atoms with E-state index in [4.69, 9.17) is 11.3 Å². The van der Waals surface area contributed by atoms with Gasteiger partial charge in [0, 0.05) is 49.9 Å². The molecule has 3 heterocycles. The molecule has 1 saturated carbocycles. The van der Waals surface area contributed by atoms with Crippen molar-refractivity contribution in [1.29, 1.82) is 0 Å². The van der Waals surface area contributed by atoms with Crippen LogP contribution >= 0.6 is 0 Å². The fourth-order valence-corrected chi connectivity index (χ4v) is 5.79. The summed E-state index contributed by atoms with van der Waals surface area (Å²) in [5.74, 6) is 1.78. The number of aryl methyl sites for hydroxylation is 1. The van der Waals surface area contributed by atoms with Gasteiger partial charge in [0.2, 0.25) is 5.52 Å². The van der Waals surface area contributed by atoms with E-state index in [1.54, 1.807) is 19.2 Å². The molecule has 1 aromatic carbocycles. The predicted octanol–water partition coefficient (Wildman–Crippen LogP) is 5.64. The minimum absolute atomic E-state index is 0.0484. The van der Waals surface area contributed by atoms with E-state index in [1.807, 2.05) is 12.1 Å². The van der Waals surface area contributed by atoms with Gasteiger partial charge in [0.15, 0.2) is 5.82 Å². The van der Waals surface area contributed by atoms with Crippen molar-refractivity contribution in [3.05, 3.63) is 63.6 Å². The first-order valence-corrected chi connectivity index (χ1v) is 14.1. The number of pyridine rings is 1. The highest BCUT2D eigenvalue weighted by molar-refractivity contribution is 5.87. The molecule has 2 fully saturated rings. The molecule has 3 unspecified atom stereocenters. The number of nitrogens with zero attached hydrogens (tertiary/aromatic N) is 6. The van der Waals surface area contributed by atoms with Crippen LogP contribution in [-0.4, -0.2) is 51.2 Å². The molecule has 2 aromatic heterocycles. The molecule has 1 aliphatic heterocycles. The zero-order valence-corrected chi connectivity index (χ0v) is 23.2. The van der Waals surface area contributed by atoms with Crippen molar-refractivity contribution < 1.29 is 9.13 Å². The third-order valence-corrected chi connectivity index (χ3v) is 8.29. The zero-order valence-electron chi connectivity index (χ0n) is 23.2. The molecule has 9 heteroatoms. The van der Waals surface area contributed by atoms with Gasteiger partial charge in [0.05, 0.1) is 12.1 Å². The van der Waals surface area contributed by atoms with Gasteiger partial charge in [-0.25, -0.2) is 9.18 Å². The lowest BCUT2D eigenvalue weighted by molar-refractivity contribution is 0.0876. The van der Waals surface area contributed by atoms with Gasteiger partial charge in [-0.05, 0) is 56.2 Å². The Kier molecular flexibility index (Phi) is 7.85. The van der Waals surface area contributed by atoms with Gasteiger partial charge in [-0.1, -0.05) is 33.4 Å². The van der Waals surface area contributed by atoms with Gasteiger partial charge in [-0.2, -0.15) is 4.98 Å². The van der Waals surface area contributed by atoms with Crippen molar-refractivity contribution in [3.8, 4) is 5.75 Å². The number of halogens is 1. The van der Waals surface area contributed by atoms with Crippen LogP contribution in [0, 0.1) is 18.3 Å². The second-order valence-corrected chi connectivity index (χ2v) is 10.8. The lowest BCUT2D eigenvalue weighted by atomic mass is 9.94. The van der Waals surface area contributed by atoms with Gasteiger partial charge in [0.25, 0.3) is 5.82 Å². The summed E-state index contributed by atoms with van der Waals surface area (Å²) >= 11 is 0.